The fraction of sp³-hybridized carbons (Fsp3) is 0.214. The first-order valence-corrected chi connectivity index (χ1v) is 5.77. The minimum Gasteiger partial charge on any atom is -0.280 e. The van der Waals surface area contributed by atoms with E-state index in [0.717, 1.165) is 24.0 Å². The smallest absolute Gasteiger partial charge is 0.233 e. The lowest BCUT2D eigenvalue weighted by Gasteiger charge is -2.16. The molecule has 1 aliphatic rings. The Balaban J connectivity index is 2.35. The van der Waals surface area contributed by atoms with Crippen LogP contribution in [0.2, 0.25) is 0 Å². The first-order valence-electron chi connectivity index (χ1n) is 5.40. The van der Waals surface area contributed by atoms with Crippen molar-refractivity contribution in [1.82, 2.24) is 0 Å². The normalized spacial score (nSPS) is 16.7. The maximum atomic E-state index is 11.5. The van der Waals surface area contributed by atoms with E-state index in [4.69, 9.17) is 11.6 Å². The highest BCUT2D eigenvalue weighted by Gasteiger charge is 2.21. The van der Waals surface area contributed by atoms with E-state index in [-0.39, 0.29) is 11.2 Å². The third-order valence-electron chi connectivity index (χ3n) is 2.72. The van der Waals surface area contributed by atoms with Crippen molar-refractivity contribution in [2.24, 2.45) is 0 Å². The highest BCUT2D eigenvalue weighted by Crippen LogP contribution is 2.30. The first kappa shape index (κ1) is 11.2. The van der Waals surface area contributed by atoms with E-state index in [0.29, 0.717) is 0 Å². The standard InChI is InChI=1S/C14H13ClO/c15-14(16)13(11-7-3-1-4-8-11)12-9-5-2-6-10-12/h1,3-5,7-10,13H,2,6H2. The zero-order chi connectivity index (χ0) is 11.4. The Morgan fingerprint density at radius 2 is 1.94 bits per heavy atom. The van der Waals surface area contributed by atoms with Gasteiger partial charge in [0.15, 0.2) is 0 Å². The molecule has 0 aromatic heterocycles. The van der Waals surface area contributed by atoms with E-state index in [1.165, 1.54) is 0 Å². The maximum absolute atomic E-state index is 11.5. The van der Waals surface area contributed by atoms with Crippen LogP contribution in [-0.2, 0) is 4.79 Å². The van der Waals surface area contributed by atoms with E-state index in [1.54, 1.807) is 0 Å². The van der Waals surface area contributed by atoms with Crippen LogP contribution in [0.5, 0.6) is 0 Å². The molecule has 2 heteroatoms. The van der Waals surface area contributed by atoms with Crippen molar-refractivity contribution in [1.29, 1.82) is 0 Å². The molecule has 0 aliphatic heterocycles. The minimum absolute atomic E-state index is 0.316. The van der Waals surface area contributed by atoms with Gasteiger partial charge in [0.2, 0.25) is 5.24 Å². The van der Waals surface area contributed by atoms with Crippen LogP contribution < -0.4 is 0 Å². The second-order valence-corrected chi connectivity index (χ2v) is 4.20. The quantitative estimate of drug-likeness (QED) is 0.725. The van der Waals surface area contributed by atoms with Crippen LogP contribution >= 0.6 is 11.6 Å². The van der Waals surface area contributed by atoms with Crippen LogP contribution in [0.3, 0.4) is 0 Å². The van der Waals surface area contributed by atoms with Gasteiger partial charge < -0.3 is 0 Å². The maximum Gasteiger partial charge on any atom is 0.233 e. The number of halogens is 1. The Labute approximate surface area is 100 Å². The van der Waals surface area contributed by atoms with Crippen molar-refractivity contribution in [3.63, 3.8) is 0 Å². The third-order valence-corrected chi connectivity index (χ3v) is 2.94. The van der Waals surface area contributed by atoms with Gasteiger partial charge in [-0.05, 0) is 35.6 Å². The van der Waals surface area contributed by atoms with Crippen molar-refractivity contribution >= 4 is 16.8 Å². The number of hydrogen-bond acceptors (Lipinski definition) is 1. The number of allylic oxidation sites excluding steroid dienone is 4. The van der Waals surface area contributed by atoms with Gasteiger partial charge in [-0.3, -0.25) is 4.79 Å². The van der Waals surface area contributed by atoms with Crippen LogP contribution in [0.15, 0.2) is 54.1 Å². The molecule has 0 fully saturated rings. The summed E-state index contributed by atoms with van der Waals surface area (Å²) in [4.78, 5) is 11.5. The molecule has 1 aromatic rings. The summed E-state index contributed by atoms with van der Waals surface area (Å²) >= 11 is 5.70. The molecule has 2 rings (SSSR count). The molecule has 82 valence electrons. The van der Waals surface area contributed by atoms with Crippen LogP contribution in [0.4, 0.5) is 0 Å². The number of carbonyl (C=O) groups excluding carboxylic acids is 1. The van der Waals surface area contributed by atoms with Crippen LogP contribution in [-0.4, -0.2) is 5.24 Å². The Morgan fingerprint density at radius 3 is 2.50 bits per heavy atom. The van der Waals surface area contributed by atoms with Gasteiger partial charge in [-0.15, -0.1) is 0 Å². The Bertz CT molecular complexity index is 431. The minimum atomic E-state index is -0.320. The SMILES string of the molecule is O=C(Cl)C(C1=CCCC=C1)c1ccccc1. The number of rotatable bonds is 3. The molecule has 0 radical (unpaired) electrons. The lowest BCUT2D eigenvalue weighted by Crippen LogP contribution is -2.09. The van der Waals surface area contributed by atoms with Gasteiger partial charge in [-0.2, -0.15) is 0 Å². The van der Waals surface area contributed by atoms with E-state index < -0.39 is 0 Å². The molecule has 0 N–H and O–H groups in total. The molecule has 1 nitrogen and oxygen atoms in total. The zero-order valence-electron chi connectivity index (χ0n) is 8.90. The average Bonchev–Trinajstić information content (AvgIpc) is 2.31. The van der Waals surface area contributed by atoms with E-state index >= 15 is 0 Å². The summed E-state index contributed by atoms with van der Waals surface area (Å²) in [6.45, 7) is 0. The fourth-order valence-corrected chi connectivity index (χ4v) is 2.20. The van der Waals surface area contributed by atoms with Gasteiger partial charge in [-0.25, -0.2) is 0 Å². The third kappa shape index (κ3) is 2.42. The van der Waals surface area contributed by atoms with Gasteiger partial charge >= 0.3 is 0 Å². The number of benzene rings is 1. The van der Waals surface area contributed by atoms with Gasteiger partial charge in [0.05, 0.1) is 5.92 Å². The molecule has 1 aliphatic carbocycles. The van der Waals surface area contributed by atoms with E-state index in [1.807, 2.05) is 36.4 Å². The molecule has 0 spiro atoms. The van der Waals surface area contributed by atoms with Gasteiger partial charge in [-0.1, -0.05) is 48.6 Å². The summed E-state index contributed by atoms with van der Waals surface area (Å²) in [5.41, 5.74) is 1.97. The molecule has 0 amide bonds. The Hall–Kier alpha value is -1.34. The lowest BCUT2D eigenvalue weighted by molar-refractivity contribution is -0.112. The van der Waals surface area contributed by atoms with Crippen molar-refractivity contribution in [3.8, 4) is 0 Å². The van der Waals surface area contributed by atoms with Gasteiger partial charge in [0.25, 0.3) is 0 Å². The van der Waals surface area contributed by atoms with E-state index in [2.05, 4.69) is 12.2 Å². The second kappa shape index (κ2) is 5.13. The van der Waals surface area contributed by atoms with Gasteiger partial charge in [0, 0.05) is 0 Å². The van der Waals surface area contributed by atoms with Gasteiger partial charge in [0.1, 0.15) is 0 Å². The van der Waals surface area contributed by atoms with Crippen LogP contribution in [0.1, 0.15) is 24.3 Å². The zero-order valence-corrected chi connectivity index (χ0v) is 9.65. The van der Waals surface area contributed by atoms with E-state index in [9.17, 15) is 4.79 Å². The average molecular weight is 233 g/mol. The molecule has 0 heterocycles. The second-order valence-electron chi connectivity index (χ2n) is 3.83. The molecule has 0 bridgehead atoms. The number of carbonyl (C=O) groups is 1. The molecule has 1 unspecified atom stereocenters. The lowest BCUT2D eigenvalue weighted by atomic mass is 9.89. The Kier molecular flexibility index (Phi) is 3.58. The van der Waals surface area contributed by atoms with Crippen LogP contribution in [0.25, 0.3) is 0 Å². The first-order chi connectivity index (χ1) is 7.79. The van der Waals surface area contributed by atoms with Crippen molar-refractivity contribution < 1.29 is 4.79 Å². The summed E-state index contributed by atoms with van der Waals surface area (Å²) < 4.78 is 0. The molecule has 0 saturated heterocycles. The van der Waals surface area contributed by atoms with Crippen LogP contribution in [0, 0.1) is 0 Å². The highest BCUT2D eigenvalue weighted by atomic mass is 35.5. The topological polar surface area (TPSA) is 17.1 Å². The predicted octanol–water partition coefficient (Wildman–Crippen LogP) is 3.81. The highest BCUT2D eigenvalue weighted by molar-refractivity contribution is 6.65. The molecular weight excluding hydrogens is 220 g/mol. The monoisotopic (exact) mass is 232 g/mol. The molecule has 16 heavy (non-hydrogen) atoms. The summed E-state index contributed by atoms with van der Waals surface area (Å²) in [6.07, 6.45) is 8.21. The molecule has 1 aromatic carbocycles. The summed E-state index contributed by atoms with van der Waals surface area (Å²) in [7, 11) is 0. The Morgan fingerprint density at radius 1 is 1.19 bits per heavy atom. The molecular formula is C14H13ClO. The molecule has 0 saturated carbocycles. The predicted molar refractivity (Wildman–Crippen MR) is 66.5 cm³/mol. The largest absolute Gasteiger partial charge is 0.280 e. The molecule has 1 atom stereocenters. The number of hydrogen-bond donors (Lipinski definition) is 0. The summed E-state index contributed by atoms with van der Waals surface area (Å²) in [5, 5.41) is -0.316. The van der Waals surface area contributed by atoms with Crippen molar-refractivity contribution in [2.45, 2.75) is 18.8 Å². The summed E-state index contributed by atoms with van der Waals surface area (Å²) in [5.74, 6) is -0.320. The van der Waals surface area contributed by atoms with Crippen molar-refractivity contribution in [2.75, 3.05) is 0 Å². The fourth-order valence-electron chi connectivity index (χ4n) is 1.95. The van der Waals surface area contributed by atoms with Crippen molar-refractivity contribution in [3.05, 3.63) is 59.7 Å². The summed E-state index contributed by atoms with van der Waals surface area (Å²) in [6, 6.07) is 9.66.